The minimum atomic E-state index is -4.94. The SMILES string of the molecule is ClCCl.ClCCl.[O-][Cl+3]([O-])([O-])[O-].[O-][Cl+3]([O-])([O-])[O-].[O-][Cl+3]([O-])([O-])[O-].[Ru+2].[Ru+2].c1ccc(-c2ccccn2)nc1.c1ccc(-c2ccccn2)nc1.c1ccc(-c2ccccn2)nc1.c1ccc(-c2ccccn2)nc1.c1ccc2[nH]c(-c3nc[n-]c3-c3nc4ccccc4[nH]3)nc2c1. The molecule has 0 radical (unpaired) electrons. The fourth-order valence-corrected chi connectivity index (χ4v) is 6.86. The van der Waals surface area contributed by atoms with Gasteiger partial charge in [0.25, 0.3) is 0 Å². The molecule has 94 heavy (non-hydrogen) atoms. The molecule has 0 aliphatic carbocycles. The summed E-state index contributed by atoms with van der Waals surface area (Å²) in [5.74, 6) is 1.39. The standard InChI is InChI=1S/C17H11N6.4C10H8N2.2CH2Cl2.3ClHO4.2Ru/c1-2-6-11-10(5-1)20-16(21-11)14-15(19-9-18-14)17-22-12-7-3-4-8-13(12)23-17;4*1-3-7-11-9(5-1)10-6-2-4-8-12-10;2*2-1-3;3*2-1(3,4)5;;/h1-9H,(H2-,18,19,20,21,22,23);4*1-8H;2*1H2;3*(H,2,3,4,5);;/q-1;;;;;;;;;;2*+2/p-3. The normalized spacial score (nSPS) is 10.0. The number of fused-ring (bicyclic) bond motifs is 2. The number of hydrogen-bond donors (Lipinski definition) is 2. The van der Waals surface area contributed by atoms with E-state index in [-0.39, 0.29) is 49.6 Å². The van der Waals surface area contributed by atoms with Gasteiger partial charge in [-0.05, 0) is 121 Å². The van der Waals surface area contributed by atoms with Crippen molar-refractivity contribution < 1.29 is 126 Å². The summed E-state index contributed by atoms with van der Waals surface area (Å²) in [6.45, 7) is 0. The summed E-state index contributed by atoms with van der Waals surface area (Å²) >= 11 is 19.1. The van der Waals surface area contributed by atoms with Crippen molar-refractivity contribution in [1.29, 1.82) is 0 Å². The van der Waals surface area contributed by atoms with Gasteiger partial charge in [0.2, 0.25) is 0 Å². The maximum atomic E-state index is 8.49. The number of H-pyrrole nitrogens is 2. The van der Waals surface area contributed by atoms with E-state index < -0.39 is 30.7 Å². The van der Waals surface area contributed by atoms with Gasteiger partial charge >= 0.3 is 39.0 Å². The molecule has 13 aromatic rings. The van der Waals surface area contributed by atoms with Crippen LogP contribution in [0.1, 0.15) is 0 Å². The van der Waals surface area contributed by atoms with E-state index in [1.165, 1.54) is 6.33 Å². The van der Waals surface area contributed by atoms with Crippen LogP contribution in [0.3, 0.4) is 0 Å². The van der Waals surface area contributed by atoms with Crippen LogP contribution in [0.4, 0.5) is 0 Å². The number of imidazole rings is 3. The molecule has 26 nitrogen and oxygen atoms in total. The van der Waals surface area contributed by atoms with Crippen LogP contribution in [0, 0.1) is 30.7 Å². The first-order valence-corrected chi connectivity index (χ1v) is 31.2. The van der Waals surface area contributed by atoms with Crippen molar-refractivity contribution in [2.45, 2.75) is 0 Å². The van der Waals surface area contributed by atoms with E-state index >= 15 is 0 Å². The van der Waals surface area contributed by atoms with Gasteiger partial charge in [-0.2, -0.15) is 0 Å². The predicted octanol–water partition coefficient (Wildman–Crippen LogP) is 0.270. The van der Waals surface area contributed by atoms with Crippen LogP contribution >= 0.6 is 46.4 Å². The summed E-state index contributed by atoms with van der Waals surface area (Å²) in [5, 5.41) is 0.389. The Morgan fingerprint density at radius 3 is 0.713 bits per heavy atom. The number of para-hydroxylation sites is 4. The average molecular weight is 1590 g/mol. The molecule has 0 fully saturated rings. The van der Waals surface area contributed by atoms with Crippen molar-refractivity contribution in [2.24, 2.45) is 0 Å². The average Bonchev–Trinajstić information content (AvgIpc) is 1.64. The summed E-state index contributed by atoms with van der Waals surface area (Å²) < 4.78 is 102. The Morgan fingerprint density at radius 1 is 0.298 bits per heavy atom. The van der Waals surface area contributed by atoms with Crippen LogP contribution in [0.2, 0.25) is 0 Å². The van der Waals surface area contributed by atoms with Crippen LogP contribution in [0.5, 0.6) is 0 Å². The number of hydrogen-bond acceptors (Lipinski definition) is 23. The second kappa shape index (κ2) is 45.8. The molecule has 0 unspecified atom stereocenters. The molecule has 0 spiro atoms. The van der Waals surface area contributed by atoms with Gasteiger partial charge in [-0.3, -0.25) is 39.9 Å². The fraction of sp³-hybridized carbons (Fsp3) is 0.0339. The van der Waals surface area contributed by atoms with Gasteiger partial charge in [0.15, 0.2) is 0 Å². The van der Waals surface area contributed by atoms with Gasteiger partial charge in [0, 0.05) is 61.0 Å². The molecule has 0 aliphatic heterocycles. The third-order valence-electron chi connectivity index (χ3n) is 10.2. The first-order chi connectivity index (χ1) is 44.1. The second-order valence-corrected chi connectivity index (χ2v) is 20.2. The van der Waals surface area contributed by atoms with Crippen molar-refractivity contribution >= 4 is 68.5 Å². The molecule has 13 rings (SSSR count). The van der Waals surface area contributed by atoms with E-state index in [0.29, 0.717) is 23.0 Å². The molecular weight excluding hydrogens is 1550 g/mol. The van der Waals surface area contributed by atoms with Gasteiger partial charge in [0.1, 0.15) is 11.6 Å². The van der Waals surface area contributed by atoms with Crippen LogP contribution in [0.15, 0.2) is 250 Å². The van der Waals surface area contributed by atoms with E-state index in [9.17, 15) is 0 Å². The second-order valence-electron chi connectivity index (χ2n) is 16.3. The zero-order valence-electron chi connectivity index (χ0n) is 47.7. The Labute approximate surface area is 588 Å². The number of nitrogens with one attached hydrogen (secondary N) is 2. The van der Waals surface area contributed by atoms with E-state index in [1.54, 1.807) is 49.6 Å². The van der Waals surface area contributed by atoms with E-state index in [4.69, 9.17) is 102 Å². The van der Waals surface area contributed by atoms with Gasteiger partial charge in [-0.15, -0.1) is 77.1 Å². The Morgan fingerprint density at radius 2 is 0.500 bits per heavy atom. The molecule has 0 amide bonds. The Bertz CT molecular complexity index is 3360. The van der Waals surface area contributed by atoms with Crippen LogP contribution in [-0.2, 0) is 39.0 Å². The monoisotopic (exact) mass is 1590 g/mol. The smallest absolute Gasteiger partial charge is 0.440 e. The summed E-state index contributed by atoms with van der Waals surface area (Å²) in [6.07, 6.45) is 15.7. The number of halogens is 7. The van der Waals surface area contributed by atoms with Gasteiger partial charge in [-0.25, -0.2) is 65.9 Å². The van der Waals surface area contributed by atoms with E-state index in [1.807, 2.05) is 194 Å². The molecular formula is C59H47Cl7N14O12Ru2. The van der Waals surface area contributed by atoms with Crippen LogP contribution in [-0.4, -0.2) is 75.5 Å². The summed E-state index contributed by atoms with van der Waals surface area (Å²) in [7, 11) is -14.8. The van der Waals surface area contributed by atoms with Crippen molar-refractivity contribution in [2.75, 3.05) is 10.7 Å². The van der Waals surface area contributed by atoms with Crippen molar-refractivity contribution in [3.05, 3.63) is 250 Å². The Balaban J connectivity index is 0.000000378. The molecule has 0 saturated carbocycles. The molecule has 0 bridgehead atoms. The number of pyridine rings is 8. The quantitative estimate of drug-likeness (QED) is 0.167. The minimum absolute atomic E-state index is 0. The number of aromatic amines is 2. The molecule has 0 atom stereocenters. The first-order valence-electron chi connectivity index (χ1n) is 25.3. The molecule has 0 aliphatic rings. The molecule has 11 aromatic heterocycles. The number of alkyl halides is 4. The zero-order valence-corrected chi connectivity index (χ0v) is 56.5. The maximum Gasteiger partial charge on any atom is 2.00 e. The van der Waals surface area contributed by atoms with Crippen molar-refractivity contribution in [3.8, 4) is 68.6 Å². The van der Waals surface area contributed by atoms with Gasteiger partial charge < -0.3 is 19.9 Å². The number of benzene rings is 2. The maximum absolute atomic E-state index is 8.49. The van der Waals surface area contributed by atoms with Gasteiger partial charge in [0.05, 0.1) is 78.3 Å². The Kier molecular flexibility index (Phi) is 40.3. The summed E-state index contributed by atoms with van der Waals surface area (Å²) in [5.41, 5.74) is 12.5. The molecule has 2 N–H and O–H groups in total. The molecule has 2 aromatic carbocycles. The third-order valence-corrected chi connectivity index (χ3v) is 10.2. The van der Waals surface area contributed by atoms with E-state index in [0.717, 1.165) is 67.6 Å². The van der Waals surface area contributed by atoms with Gasteiger partial charge in [-0.1, -0.05) is 79.1 Å². The number of nitrogens with zero attached hydrogens (tertiary/aromatic N) is 12. The number of rotatable bonds is 6. The largest absolute Gasteiger partial charge is 2.00 e. The van der Waals surface area contributed by atoms with Crippen LogP contribution in [0.25, 0.3) is 90.7 Å². The molecule has 490 valence electrons. The first kappa shape index (κ1) is 82.7. The van der Waals surface area contributed by atoms with Crippen molar-refractivity contribution in [3.63, 3.8) is 0 Å². The summed E-state index contributed by atoms with van der Waals surface area (Å²) in [4.78, 5) is 58.0. The number of aromatic nitrogens is 14. The Hall–Kier alpha value is -7.41. The fourth-order valence-electron chi connectivity index (χ4n) is 6.86. The topological polar surface area (TPSA) is 464 Å². The molecule has 0 saturated heterocycles. The van der Waals surface area contributed by atoms with Crippen LogP contribution < -0.4 is 60.9 Å². The minimum Gasteiger partial charge on any atom is -0.440 e. The molecule has 11 heterocycles. The van der Waals surface area contributed by atoms with E-state index in [2.05, 4.69) is 69.8 Å². The molecule has 35 heteroatoms. The summed E-state index contributed by atoms with van der Waals surface area (Å²) in [6, 6.07) is 62.2. The predicted molar refractivity (Wildman–Crippen MR) is 311 cm³/mol. The zero-order chi connectivity index (χ0) is 67.0. The van der Waals surface area contributed by atoms with Crippen molar-refractivity contribution in [1.82, 2.24) is 69.8 Å². The third kappa shape index (κ3) is 35.7.